The lowest BCUT2D eigenvalue weighted by molar-refractivity contribution is 0.361. The van der Waals surface area contributed by atoms with Crippen LogP contribution in [0.3, 0.4) is 0 Å². The topological polar surface area (TPSA) is 75.0 Å². The van der Waals surface area contributed by atoms with E-state index >= 15 is 0 Å². The summed E-state index contributed by atoms with van der Waals surface area (Å²) in [5.74, 6) is 2.32. The molecule has 8 heteroatoms. The number of fused-ring (bicyclic) bond motifs is 1. The lowest BCUT2D eigenvalue weighted by Gasteiger charge is -2.41. The van der Waals surface area contributed by atoms with Crippen LogP contribution in [0.15, 0.2) is 55.1 Å². The van der Waals surface area contributed by atoms with Gasteiger partial charge in [0.15, 0.2) is 0 Å². The van der Waals surface area contributed by atoms with Crippen LogP contribution in [0.1, 0.15) is 50.6 Å². The molecule has 2 fully saturated rings. The molecule has 35 heavy (non-hydrogen) atoms. The van der Waals surface area contributed by atoms with E-state index in [4.69, 9.17) is 4.98 Å². The predicted octanol–water partition coefficient (Wildman–Crippen LogP) is 5.14. The molecular formula is C27H32N8. The maximum atomic E-state index is 4.82. The van der Waals surface area contributed by atoms with Crippen LogP contribution in [0.25, 0.3) is 10.8 Å². The van der Waals surface area contributed by atoms with Crippen molar-refractivity contribution in [1.29, 1.82) is 0 Å². The van der Waals surface area contributed by atoms with Crippen LogP contribution < -0.4 is 15.1 Å². The zero-order chi connectivity index (χ0) is 23.8. The smallest absolute Gasteiger partial charge is 0.130 e. The highest BCUT2D eigenvalue weighted by Crippen LogP contribution is 2.37. The van der Waals surface area contributed by atoms with Crippen LogP contribution in [-0.4, -0.2) is 51.1 Å². The van der Waals surface area contributed by atoms with Gasteiger partial charge in [-0.15, -0.1) is 5.10 Å². The molecule has 0 radical (unpaired) electrons. The predicted molar refractivity (Wildman–Crippen MR) is 141 cm³/mol. The SMILES string of the molecule is CC(C)c1ccc(N2CC(n3ccnn3)C2)c2cnc(Nc3ccnc(N4CCCCC4)c3)cc12. The number of nitrogens with zero attached hydrogens (tertiary/aromatic N) is 7. The van der Waals surface area contributed by atoms with Gasteiger partial charge in [-0.05, 0) is 54.3 Å². The van der Waals surface area contributed by atoms with E-state index in [2.05, 4.69) is 68.5 Å². The molecule has 8 nitrogen and oxygen atoms in total. The van der Waals surface area contributed by atoms with Crippen molar-refractivity contribution in [1.82, 2.24) is 25.0 Å². The normalized spacial score (nSPS) is 16.7. The summed E-state index contributed by atoms with van der Waals surface area (Å²) >= 11 is 0. The average Bonchev–Trinajstić information content (AvgIpc) is 3.38. The number of pyridine rings is 2. The van der Waals surface area contributed by atoms with E-state index in [1.807, 2.05) is 29.3 Å². The molecule has 0 bridgehead atoms. The van der Waals surface area contributed by atoms with Gasteiger partial charge < -0.3 is 15.1 Å². The summed E-state index contributed by atoms with van der Waals surface area (Å²) in [6.45, 7) is 8.52. The number of hydrogen-bond acceptors (Lipinski definition) is 7. The number of anilines is 4. The Bertz CT molecular complexity index is 1300. The van der Waals surface area contributed by atoms with Crippen LogP contribution in [0.4, 0.5) is 23.0 Å². The minimum atomic E-state index is 0.368. The number of nitrogens with one attached hydrogen (secondary N) is 1. The molecule has 0 unspecified atom stereocenters. The minimum absolute atomic E-state index is 0.368. The number of rotatable bonds is 6. The highest BCUT2D eigenvalue weighted by Gasteiger charge is 2.30. The summed E-state index contributed by atoms with van der Waals surface area (Å²) in [5.41, 5.74) is 3.59. The monoisotopic (exact) mass is 468 g/mol. The molecule has 0 saturated carbocycles. The Morgan fingerprint density at radius 1 is 0.914 bits per heavy atom. The second-order valence-corrected chi connectivity index (χ2v) is 9.96. The van der Waals surface area contributed by atoms with Gasteiger partial charge in [0.1, 0.15) is 11.6 Å². The van der Waals surface area contributed by atoms with Crippen LogP contribution in [0.5, 0.6) is 0 Å². The van der Waals surface area contributed by atoms with Crippen molar-refractivity contribution in [2.24, 2.45) is 0 Å². The fraction of sp³-hybridized carbons (Fsp3) is 0.407. The summed E-state index contributed by atoms with van der Waals surface area (Å²) in [4.78, 5) is 14.2. The second-order valence-electron chi connectivity index (χ2n) is 9.96. The summed E-state index contributed by atoms with van der Waals surface area (Å²) in [5, 5.41) is 14.1. The summed E-state index contributed by atoms with van der Waals surface area (Å²) < 4.78 is 1.95. The van der Waals surface area contributed by atoms with Gasteiger partial charge in [0.2, 0.25) is 0 Å². The Morgan fingerprint density at radius 2 is 1.77 bits per heavy atom. The molecule has 0 aliphatic carbocycles. The second kappa shape index (κ2) is 9.17. The summed E-state index contributed by atoms with van der Waals surface area (Å²) in [6.07, 6.45) is 11.4. The van der Waals surface area contributed by atoms with E-state index < -0.39 is 0 Å². The van der Waals surface area contributed by atoms with Crippen LogP contribution in [0.2, 0.25) is 0 Å². The van der Waals surface area contributed by atoms with Crippen LogP contribution in [0, 0.1) is 0 Å². The minimum Gasteiger partial charge on any atom is -0.367 e. The quantitative estimate of drug-likeness (QED) is 0.420. The molecule has 4 aromatic rings. The Hall–Kier alpha value is -3.68. The van der Waals surface area contributed by atoms with Gasteiger partial charge in [0, 0.05) is 67.6 Å². The fourth-order valence-corrected chi connectivity index (χ4v) is 5.27. The van der Waals surface area contributed by atoms with E-state index in [9.17, 15) is 0 Å². The third kappa shape index (κ3) is 4.29. The van der Waals surface area contributed by atoms with E-state index in [1.54, 1.807) is 6.20 Å². The first-order valence-electron chi connectivity index (χ1n) is 12.7. The van der Waals surface area contributed by atoms with Gasteiger partial charge >= 0.3 is 0 Å². The summed E-state index contributed by atoms with van der Waals surface area (Å²) in [7, 11) is 0. The van der Waals surface area contributed by atoms with Gasteiger partial charge in [-0.2, -0.15) is 0 Å². The van der Waals surface area contributed by atoms with Crippen molar-refractivity contribution >= 4 is 33.8 Å². The molecule has 0 spiro atoms. The van der Waals surface area contributed by atoms with Crippen molar-refractivity contribution in [2.45, 2.75) is 45.1 Å². The van der Waals surface area contributed by atoms with Crippen LogP contribution >= 0.6 is 0 Å². The third-order valence-electron chi connectivity index (χ3n) is 7.25. The van der Waals surface area contributed by atoms with Crippen molar-refractivity contribution in [3.63, 3.8) is 0 Å². The standard InChI is InChI=1S/C27H32N8/c1-19(2)22-6-7-25(34-17-21(18-34)35-13-10-30-32-35)24-16-29-26(15-23(22)24)31-20-8-9-28-27(14-20)33-11-4-3-5-12-33/h6-10,13-16,19,21H,3-5,11-12,17-18H2,1-2H3,(H,28,29,31). The molecule has 2 aliphatic heterocycles. The first kappa shape index (κ1) is 21.8. The lowest BCUT2D eigenvalue weighted by Crippen LogP contribution is -2.48. The van der Waals surface area contributed by atoms with E-state index in [0.717, 1.165) is 43.5 Å². The zero-order valence-corrected chi connectivity index (χ0v) is 20.4. The molecule has 3 aromatic heterocycles. The van der Waals surface area contributed by atoms with Gasteiger partial charge in [-0.3, -0.25) is 0 Å². The zero-order valence-electron chi connectivity index (χ0n) is 20.4. The van der Waals surface area contributed by atoms with Crippen molar-refractivity contribution in [3.05, 3.63) is 60.7 Å². The Balaban J connectivity index is 1.28. The number of hydrogen-bond donors (Lipinski definition) is 1. The first-order chi connectivity index (χ1) is 17.2. The maximum Gasteiger partial charge on any atom is 0.130 e. The van der Waals surface area contributed by atoms with Crippen molar-refractivity contribution in [3.8, 4) is 0 Å². The van der Waals surface area contributed by atoms with Gasteiger partial charge in [0.05, 0.1) is 12.2 Å². The summed E-state index contributed by atoms with van der Waals surface area (Å²) in [6, 6.07) is 11.2. The molecule has 0 amide bonds. The van der Waals surface area contributed by atoms with Gasteiger partial charge in [-0.1, -0.05) is 25.1 Å². The molecule has 0 atom stereocenters. The molecule has 1 aromatic carbocycles. The maximum absolute atomic E-state index is 4.82. The molecule has 6 rings (SSSR count). The first-order valence-corrected chi connectivity index (χ1v) is 12.7. The number of piperidine rings is 1. The lowest BCUT2D eigenvalue weighted by atomic mass is 9.94. The Morgan fingerprint density at radius 3 is 2.54 bits per heavy atom. The average molecular weight is 469 g/mol. The van der Waals surface area contributed by atoms with E-state index in [1.165, 1.54) is 41.3 Å². The van der Waals surface area contributed by atoms with E-state index in [-0.39, 0.29) is 0 Å². The molecule has 2 aliphatic rings. The molecule has 5 heterocycles. The largest absolute Gasteiger partial charge is 0.367 e. The Kier molecular flexibility index (Phi) is 5.72. The van der Waals surface area contributed by atoms with E-state index in [0.29, 0.717) is 12.0 Å². The number of benzene rings is 1. The number of aromatic nitrogens is 5. The third-order valence-corrected chi connectivity index (χ3v) is 7.25. The molecular weight excluding hydrogens is 436 g/mol. The van der Waals surface area contributed by atoms with Gasteiger partial charge in [-0.25, -0.2) is 14.6 Å². The van der Waals surface area contributed by atoms with Crippen LogP contribution in [-0.2, 0) is 0 Å². The van der Waals surface area contributed by atoms with Crippen molar-refractivity contribution < 1.29 is 0 Å². The molecule has 180 valence electrons. The highest BCUT2D eigenvalue weighted by atomic mass is 15.5. The van der Waals surface area contributed by atoms with Crippen molar-refractivity contribution in [2.75, 3.05) is 41.3 Å². The highest BCUT2D eigenvalue weighted by molar-refractivity contribution is 5.98. The van der Waals surface area contributed by atoms with Gasteiger partial charge in [0.25, 0.3) is 0 Å². The molecule has 1 N–H and O–H groups in total. The molecule has 2 saturated heterocycles. The Labute approximate surface area is 206 Å². The fourth-order valence-electron chi connectivity index (χ4n) is 5.27.